The Balaban J connectivity index is 2.25. The van der Waals surface area contributed by atoms with Crippen molar-refractivity contribution in [2.45, 2.75) is 13.0 Å². The summed E-state index contributed by atoms with van der Waals surface area (Å²) < 4.78 is 13.1. The van der Waals surface area contributed by atoms with Gasteiger partial charge in [-0.3, -0.25) is 0 Å². The second-order valence-electron chi connectivity index (χ2n) is 3.55. The van der Waals surface area contributed by atoms with Crippen LogP contribution < -0.4 is 5.32 Å². The number of benzene rings is 1. The van der Waals surface area contributed by atoms with Gasteiger partial charge in [-0.1, -0.05) is 6.07 Å². The maximum Gasteiger partial charge on any atom is 0.123 e. The van der Waals surface area contributed by atoms with E-state index < -0.39 is 0 Å². The number of nitrogens with zero attached hydrogens (tertiary/aromatic N) is 1. The van der Waals surface area contributed by atoms with Crippen molar-refractivity contribution >= 4 is 11.3 Å². The standard InChI is InChI=1S/C12H13FN2S/c1-14-8-10-6-11(13)3-2-9(10)7-12-15-4-5-16-12/h2-6,14H,7-8H2,1H3. The topological polar surface area (TPSA) is 24.9 Å². The fraction of sp³-hybridized carbons (Fsp3) is 0.250. The summed E-state index contributed by atoms with van der Waals surface area (Å²) in [6.07, 6.45) is 2.57. The molecule has 0 aliphatic rings. The van der Waals surface area contributed by atoms with Gasteiger partial charge in [-0.15, -0.1) is 11.3 Å². The Labute approximate surface area is 98.2 Å². The van der Waals surface area contributed by atoms with Crippen molar-refractivity contribution in [1.29, 1.82) is 0 Å². The van der Waals surface area contributed by atoms with Gasteiger partial charge in [-0.2, -0.15) is 0 Å². The third kappa shape index (κ3) is 2.65. The van der Waals surface area contributed by atoms with E-state index in [1.165, 1.54) is 6.07 Å². The van der Waals surface area contributed by atoms with Crippen molar-refractivity contribution in [2.24, 2.45) is 0 Å². The number of hydrogen-bond acceptors (Lipinski definition) is 3. The van der Waals surface area contributed by atoms with Crippen LogP contribution in [0.2, 0.25) is 0 Å². The second kappa shape index (κ2) is 5.18. The first-order valence-corrected chi connectivity index (χ1v) is 5.98. The van der Waals surface area contributed by atoms with E-state index in [1.807, 2.05) is 18.5 Å². The highest BCUT2D eigenvalue weighted by atomic mass is 32.1. The molecule has 2 aromatic rings. The summed E-state index contributed by atoms with van der Waals surface area (Å²) in [6.45, 7) is 0.679. The summed E-state index contributed by atoms with van der Waals surface area (Å²) in [7, 11) is 1.86. The Bertz CT molecular complexity index is 454. The molecule has 1 aromatic carbocycles. The van der Waals surface area contributed by atoms with Gasteiger partial charge in [-0.05, 0) is 30.3 Å². The number of rotatable bonds is 4. The average Bonchev–Trinajstić information content (AvgIpc) is 2.75. The van der Waals surface area contributed by atoms with Crippen molar-refractivity contribution in [3.63, 3.8) is 0 Å². The van der Waals surface area contributed by atoms with Crippen LogP contribution in [0.5, 0.6) is 0 Å². The Morgan fingerprint density at radius 1 is 1.38 bits per heavy atom. The largest absolute Gasteiger partial charge is 0.316 e. The molecule has 0 bridgehead atoms. The Morgan fingerprint density at radius 2 is 2.25 bits per heavy atom. The van der Waals surface area contributed by atoms with Crippen LogP contribution >= 0.6 is 11.3 Å². The molecular formula is C12H13FN2S. The maximum atomic E-state index is 13.1. The van der Waals surface area contributed by atoms with Gasteiger partial charge in [0.15, 0.2) is 0 Å². The van der Waals surface area contributed by atoms with Gasteiger partial charge in [0.25, 0.3) is 0 Å². The quantitative estimate of drug-likeness (QED) is 0.882. The van der Waals surface area contributed by atoms with Crippen LogP contribution in [0, 0.1) is 5.82 Å². The molecule has 4 heteroatoms. The summed E-state index contributed by atoms with van der Waals surface area (Å²) in [5.74, 6) is -0.187. The zero-order valence-electron chi connectivity index (χ0n) is 9.03. The van der Waals surface area contributed by atoms with Crippen molar-refractivity contribution in [3.05, 3.63) is 51.7 Å². The third-order valence-corrected chi connectivity index (χ3v) is 3.14. The Hall–Kier alpha value is -1.26. The van der Waals surface area contributed by atoms with Crippen LogP contribution in [0.25, 0.3) is 0 Å². The molecule has 2 rings (SSSR count). The highest BCUT2D eigenvalue weighted by molar-refractivity contribution is 7.09. The first-order valence-electron chi connectivity index (χ1n) is 5.10. The van der Waals surface area contributed by atoms with Crippen LogP contribution in [-0.4, -0.2) is 12.0 Å². The SMILES string of the molecule is CNCc1cc(F)ccc1Cc1nccs1. The van der Waals surface area contributed by atoms with Gasteiger partial charge in [0.1, 0.15) is 5.82 Å². The summed E-state index contributed by atoms with van der Waals surface area (Å²) in [5.41, 5.74) is 2.13. The number of halogens is 1. The molecule has 1 aromatic heterocycles. The van der Waals surface area contributed by atoms with Crippen LogP contribution in [0.3, 0.4) is 0 Å². The first kappa shape index (κ1) is 11.2. The lowest BCUT2D eigenvalue weighted by Crippen LogP contribution is -2.08. The van der Waals surface area contributed by atoms with Gasteiger partial charge in [0.05, 0.1) is 5.01 Å². The summed E-state index contributed by atoms with van der Waals surface area (Å²) in [4.78, 5) is 4.24. The van der Waals surface area contributed by atoms with E-state index in [2.05, 4.69) is 10.3 Å². The van der Waals surface area contributed by atoms with E-state index >= 15 is 0 Å². The number of thiazole rings is 1. The van der Waals surface area contributed by atoms with Crippen LogP contribution in [0.1, 0.15) is 16.1 Å². The predicted octanol–water partition coefficient (Wildman–Crippen LogP) is 2.59. The van der Waals surface area contributed by atoms with E-state index in [1.54, 1.807) is 23.6 Å². The van der Waals surface area contributed by atoms with Crippen LogP contribution in [0.15, 0.2) is 29.8 Å². The molecule has 0 spiro atoms. The summed E-state index contributed by atoms with van der Waals surface area (Å²) in [6, 6.07) is 4.92. The summed E-state index contributed by atoms with van der Waals surface area (Å²) >= 11 is 1.62. The molecule has 2 nitrogen and oxygen atoms in total. The smallest absolute Gasteiger partial charge is 0.123 e. The minimum atomic E-state index is -0.187. The van der Waals surface area contributed by atoms with E-state index in [9.17, 15) is 4.39 Å². The number of hydrogen-bond donors (Lipinski definition) is 1. The molecule has 0 saturated carbocycles. The lowest BCUT2D eigenvalue weighted by atomic mass is 10.0. The van der Waals surface area contributed by atoms with Crippen molar-refractivity contribution in [1.82, 2.24) is 10.3 Å². The highest BCUT2D eigenvalue weighted by Crippen LogP contribution is 2.17. The molecule has 0 radical (unpaired) electrons. The fourth-order valence-corrected chi connectivity index (χ4v) is 2.26. The lowest BCUT2D eigenvalue weighted by Gasteiger charge is -2.07. The molecule has 16 heavy (non-hydrogen) atoms. The van der Waals surface area contributed by atoms with Gasteiger partial charge in [0.2, 0.25) is 0 Å². The maximum absolute atomic E-state index is 13.1. The van der Waals surface area contributed by atoms with E-state index in [0.29, 0.717) is 6.54 Å². The zero-order valence-corrected chi connectivity index (χ0v) is 9.85. The minimum Gasteiger partial charge on any atom is -0.316 e. The van der Waals surface area contributed by atoms with Crippen molar-refractivity contribution in [2.75, 3.05) is 7.05 Å². The zero-order chi connectivity index (χ0) is 11.4. The molecule has 0 atom stereocenters. The fourth-order valence-electron chi connectivity index (χ4n) is 1.63. The van der Waals surface area contributed by atoms with Gasteiger partial charge < -0.3 is 5.32 Å². The first-order chi connectivity index (χ1) is 7.79. The molecule has 84 valence electrons. The van der Waals surface area contributed by atoms with Crippen LogP contribution in [-0.2, 0) is 13.0 Å². The molecule has 1 N–H and O–H groups in total. The van der Waals surface area contributed by atoms with Crippen molar-refractivity contribution < 1.29 is 4.39 Å². The molecule has 0 unspecified atom stereocenters. The highest BCUT2D eigenvalue weighted by Gasteiger charge is 2.06. The van der Waals surface area contributed by atoms with Crippen LogP contribution in [0.4, 0.5) is 4.39 Å². The molecule has 0 saturated heterocycles. The molecule has 0 fully saturated rings. The Kier molecular flexibility index (Phi) is 3.64. The summed E-state index contributed by atoms with van der Waals surface area (Å²) in [5, 5.41) is 6.06. The van der Waals surface area contributed by atoms with E-state index in [-0.39, 0.29) is 5.82 Å². The second-order valence-corrected chi connectivity index (χ2v) is 4.53. The predicted molar refractivity (Wildman–Crippen MR) is 64.1 cm³/mol. The Morgan fingerprint density at radius 3 is 2.94 bits per heavy atom. The molecule has 0 aliphatic heterocycles. The number of aromatic nitrogens is 1. The van der Waals surface area contributed by atoms with Gasteiger partial charge in [-0.25, -0.2) is 9.37 Å². The lowest BCUT2D eigenvalue weighted by molar-refractivity contribution is 0.622. The number of nitrogens with one attached hydrogen (secondary N) is 1. The molecule has 0 aliphatic carbocycles. The average molecular weight is 236 g/mol. The van der Waals surface area contributed by atoms with Crippen molar-refractivity contribution in [3.8, 4) is 0 Å². The molecular weight excluding hydrogens is 223 g/mol. The minimum absolute atomic E-state index is 0.187. The van der Waals surface area contributed by atoms with Gasteiger partial charge >= 0.3 is 0 Å². The monoisotopic (exact) mass is 236 g/mol. The normalized spacial score (nSPS) is 10.6. The van der Waals surface area contributed by atoms with E-state index in [4.69, 9.17) is 0 Å². The van der Waals surface area contributed by atoms with E-state index in [0.717, 1.165) is 22.6 Å². The molecule has 1 heterocycles. The van der Waals surface area contributed by atoms with Gasteiger partial charge in [0, 0.05) is 24.5 Å². The third-order valence-electron chi connectivity index (χ3n) is 2.36. The molecule has 0 amide bonds.